The summed E-state index contributed by atoms with van der Waals surface area (Å²) in [5.74, 6) is -0.939. The Morgan fingerprint density at radius 3 is 2.68 bits per heavy atom. The van der Waals surface area contributed by atoms with Crippen LogP contribution in [0.4, 0.5) is 10.1 Å². The van der Waals surface area contributed by atoms with E-state index in [0.717, 1.165) is 69.0 Å². The number of rotatable bonds is 6. The van der Waals surface area contributed by atoms with Crippen molar-refractivity contribution in [1.29, 1.82) is 0 Å². The second-order valence-electron chi connectivity index (χ2n) is 10.4. The summed E-state index contributed by atoms with van der Waals surface area (Å²) < 4.78 is 23.4. The molecule has 3 aromatic heterocycles. The molecule has 1 saturated carbocycles. The molecule has 7 rings (SSSR count). The van der Waals surface area contributed by atoms with Crippen molar-refractivity contribution in [2.75, 3.05) is 44.3 Å². The lowest BCUT2D eigenvalue weighted by Gasteiger charge is -2.43. The van der Waals surface area contributed by atoms with Gasteiger partial charge in [0.1, 0.15) is 11.5 Å². The topological polar surface area (TPSA) is 92.8 Å². The third-order valence-corrected chi connectivity index (χ3v) is 7.78. The summed E-state index contributed by atoms with van der Waals surface area (Å²) >= 11 is 0. The van der Waals surface area contributed by atoms with Gasteiger partial charge in [0.15, 0.2) is 0 Å². The highest BCUT2D eigenvalue weighted by Gasteiger charge is 2.29. The average Bonchev–Trinajstić information content (AvgIpc) is 3.39. The van der Waals surface area contributed by atoms with Crippen LogP contribution in [0.25, 0.3) is 22.5 Å². The van der Waals surface area contributed by atoms with Crippen molar-refractivity contribution in [3.8, 4) is 16.9 Å². The molecular weight excluding hydrogens is 487 g/mol. The molecule has 0 spiro atoms. The highest BCUT2D eigenvalue weighted by atomic mass is 19.1. The number of pyridine rings is 1. The molecular formula is C27H29FN8O2. The van der Waals surface area contributed by atoms with Crippen molar-refractivity contribution >= 4 is 17.1 Å². The second kappa shape index (κ2) is 9.17. The van der Waals surface area contributed by atoms with Gasteiger partial charge in [0, 0.05) is 49.7 Å². The van der Waals surface area contributed by atoms with E-state index in [1.54, 1.807) is 30.1 Å². The molecule has 0 bridgehead atoms. The zero-order valence-electron chi connectivity index (χ0n) is 21.2. The Morgan fingerprint density at radius 1 is 1.13 bits per heavy atom. The number of ether oxygens (including phenoxy) is 1. The number of nitrogens with one attached hydrogen (secondary N) is 1. The summed E-state index contributed by atoms with van der Waals surface area (Å²) in [5.41, 5.74) is 4.88. The fourth-order valence-electron chi connectivity index (χ4n) is 5.22. The Balaban J connectivity index is 1.15. The van der Waals surface area contributed by atoms with Gasteiger partial charge in [0.05, 0.1) is 48.4 Å². The van der Waals surface area contributed by atoms with Gasteiger partial charge in [-0.15, -0.1) is 5.10 Å². The number of hydrogen-bond acceptors (Lipinski definition) is 7. The monoisotopic (exact) mass is 516 g/mol. The molecule has 0 atom stereocenters. The zero-order valence-corrected chi connectivity index (χ0v) is 21.2. The van der Waals surface area contributed by atoms with Crippen molar-refractivity contribution in [2.24, 2.45) is 0 Å². The minimum absolute atomic E-state index is 0.0140. The third kappa shape index (κ3) is 4.21. The normalized spacial score (nSPS) is 18.6. The average molecular weight is 517 g/mol. The van der Waals surface area contributed by atoms with Gasteiger partial charge < -0.3 is 15.0 Å². The Labute approximate surface area is 219 Å². The number of piperazine rings is 1. The lowest BCUT2D eigenvalue weighted by molar-refractivity contribution is -0.0660. The number of amides is 1. The van der Waals surface area contributed by atoms with Crippen LogP contribution in [0.2, 0.25) is 0 Å². The summed E-state index contributed by atoms with van der Waals surface area (Å²) in [7, 11) is 0. The maximum absolute atomic E-state index is 14.6. The largest absolute Gasteiger partial charge is 0.378 e. The highest BCUT2D eigenvalue weighted by molar-refractivity contribution is 5.95. The third-order valence-electron chi connectivity index (χ3n) is 7.78. The van der Waals surface area contributed by atoms with Gasteiger partial charge in [-0.2, -0.15) is 5.10 Å². The van der Waals surface area contributed by atoms with E-state index in [9.17, 15) is 9.18 Å². The molecule has 2 aliphatic heterocycles. The Morgan fingerprint density at radius 2 is 1.95 bits per heavy atom. The van der Waals surface area contributed by atoms with Crippen LogP contribution < -0.4 is 10.2 Å². The number of carbonyl (C=O) groups excluding carboxylic acids is 1. The first-order valence-corrected chi connectivity index (χ1v) is 13.1. The SMILES string of the molecule is Cc1cc(F)c(C(=O)NC2CC2)cc1-n1cc(-c2cnn3ccc(N4CCN(C5COC5)CC4)cc23)nn1. The van der Waals surface area contributed by atoms with Crippen molar-refractivity contribution in [3.05, 3.63) is 59.8 Å². The number of carbonyl (C=O) groups is 1. The molecule has 196 valence electrons. The van der Waals surface area contributed by atoms with Crippen LogP contribution >= 0.6 is 0 Å². The molecule has 11 heteroatoms. The zero-order chi connectivity index (χ0) is 25.8. The lowest BCUT2D eigenvalue weighted by Crippen LogP contribution is -2.56. The molecule has 10 nitrogen and oxygen atoms in total. The van der Waals surface area contributed by atoms with Crippen LogP contribution in [0, 0.1) is 12.7 Å². The number of benzene rings is 1. The molecule has 5 heterocycles. The van der Waals surface area contributed by atoms with E-state index in [0.29, 0.717) is 23.0 Å². The van der Waals surface area contributed by atoms with Crippen LogP contribution in [0.1, 0.15) is 28.8 Å². The first-order chi connectivity index (χ1) is 18.5. The van der Waals surface area contributed by atoms with E-state index in [4.69, 9.17) is 4.74 Å². The second-order valence-corrected chi connectivity index (χ2v) is 10.4. The van der Waals surface area contributed by atoms with Crippen LogP contribution in [0.15, 0.2) is 42.9 Å². The summed E-state index contributed by atoms with van der Waals surface area (Å²) in [4.78, 5) is 17.5. The maximum Gasteiger partial charge on any atom is 0.254 e. The van der Waals surface area contributed by atoms with E-state index in [1.165, 1.54) is 6.07 Å². The van der Waals surface area contributed by atoms with E-state index in [1.807, 2.05) is 10.7 Å². The highest BCUT2D eigenvalue weighted by Crippen LogP contribution is 2.29. The van der Waals surface area contributed by atoms with Gasteiger partial charge >= 0.3 is 0 Å². The van der Waals surface area contributed by atoms with Gasteiger partial charge in [0.2, 0.25) is 0 Å². The molecule has 0 unspecified atom stereocenters. The van der Waals surface area contributed by atoms with Crippen LogP contribution in [-0.2, 0) is 4.74 Å². The number of anilines is 1. The standard InChI is InChI=1S/C27H29FN8O2/c1-17-10-23(28)21(27(37)30-18-2-3-18)12-25(17)36-14-24(31-32-36)22-13-29-35-5-4-19(11-26(22)35)33-6-8-34(9-7-33)20-15-38-16-20/h4-5,10-14,18,20H,2-3,6-9,15-16H2,1H3,(H,30,37). The maximum atomic E-state index is 14.6. The predicted molar refractivity (Wildman–Crippen MR) is 139 cm³/mol. The van der Waals surface area contributed by atoms with Gasteiger partial charge in [-0.3, -0.25) is 9.69 Å². The number of nitrogens with zero attached hydrogens (tertiary/aromatic N) is 7. The van der Waals surface area contributed by atoms with Crippen molar-refractivity contribution in [2.45, 2.75) is 31.8 Å². The molecule has 1 N–H and O–H groups in total. The summed E-state index contributed by atoms with van der Waals surface area (Å²) in [6, 6.07) is 7.87. The van der Waals surface area contributed by atoms with Crippen molar-refractivity contribution < 1.29 is 13.9 Å². The minimum Gasteiger partial charge on any atom is -0.378 e. The summed E-state index contributed by atoms with van der Waals surface area (Å²) in [6.07, 6.45) is 7.43. The Bertz CT molecular complexity index is 1510. The van der Waals surface area contributed by atoms with E-state index < -0.39 is 11.7 Å². The van der Waals surface area contributed by atoms with Gasteiger partial charge in [-0.05, 0) is 49.6 Å². The molecule has 2 saturated heterocycles. The quantitative estimate of drug-likeness (QED) is 0.421. The summed E-state index contributed by atoms with van der Waals surface area (Å²) in [5, 5.41) is 16.1. The Hall–Kier alpha value is -3.83. The molecule has 1 aliphatic carbocycles. The van der Waals surface area contributed by atoms with Crippen LogP contribution in [-0.4, -0.2) is 86.9 Å². The smallest absolute Gasteiger partial charge is 0.254 e. The van der Waals surface area contributed by atoms with E-state index in [2.05, 4.69) is 42.7 Å². The van der Waals surface area contributed by atoms with Gasteiger partial charge in [-0.1, -0.05) is 5.21 Å². The molecule has 0 radical (unpaired) electrons. The molecule has 3 aliphatic rings. The number of aryl methyl sites for hydroxylation is 1. The minimum atomic E-state index is -0.540. The number of hydrogen-bond donors (Lipinski definition) is 1. The number of halogens is 1. The van der Waals surface area contributed by atoms with E-state index in [-0.39, 0.29) is 11.6 Å². The number of fused-ring (bicyclic) bond motifs is 1. The van der Waals surface area contributed by atoms with Gasteiger partial charge in [-0.25, -0.2) is 13.6 Å². The molecule has 1 amide bonds. The fraction of sp³-hybridized carbons (Fsp3) is 0.407. The first kappa shape index (κ1) is 23.3. The molecule has 3 fully saturated rings. The Kier molecular flexibility index (Phi) is 5.62. The van der Waals surface area contributed by atoms with Gasteiger partial charge in [0.25, 0.3) is 5.91 Å². The van der Waals surface area contributed by atoms with Crippen LogP contribution in [0.3, 0.4) is 0 Å². The van der Waals surface area contributed by atoms with Crippen molar-refractivity contribution in [3.63, 3.8) is 0 Å². The first-order valence-electron chi connectivity index (χ1n) is 13.1. The van der Waals surface area contributed by atoms with E-state index >= 15 is 0 Å². The molecule has 1 aromatic carbocycles. The molecule has 38 heavy (non-hydrogen) atoms. The molecule has 4 aromatic rings. The lowest BCUT2D eigenvalue weighted by atomic mass is 10.1. The summed E-state index contributed by atoms with van der Waals surface area (Å²) in [6.45, 7) is 7.46. The fourth-order valence-corrected chi connectivity index (χ4v) is 5.22. The van der Waals surface area contributed by atoms with Crippen molar-refractivity contribution in [1.82, 2.24) is 34.8 Å². The predicted octanol–water partition coefficient (Wildman–Crippen LogP) is 2.44. The number of aromatic nitrogens is 5. The van der Waals surface area contributed by atoms with Crippen LogP contribution in [0.5, 0.6) is 0 Å².